The second-order valence-electron chi connectivity index (χ2n) is 4.89. The normalized spacial score (nSPS) is 22.0. The van der Waals surface area contributed by atoms with E-state index in [1.54, 1.807) is 0 Å². The zero-order valence-electron chi connectivity index (χ0n) is 8.32. The van der Waals surface area contributed by atoms with E-state index < -0.39 is 0 Å². The first kappa shape index (κ1) is 10.9. The van der Waals surface area contributed by atoms with Crippen LogP contribution in [0.1, 0.15) is 40.0 Å². The zero-order chi connectivity index (χ0) is 9.24. The molecule has 1 aliphatic carbocycles. The van der Waals surface area contributed by atoms with Crippen LogP contribution in [-0.2, 0) is 0 Å². The largest absolute Gasteiger partial charge is 0.155 e. The average Bonchev–Trinajstić information content (AvgIpc) is 1.84. The minimum Gasteiger partial charge on any atom is -0.155 e. The van der Waals surface area contributed by atoms with Crippen LogP contribution in [0, 0.1) is 5.41 Å². The Morgan fingerprint density at radius 3 is 2.17 bits per heavy atom. The van der Waals surface area contributed by atoms with Crippen LogP contribution in [0.25, 0.3) is 0 Å². The number of hydrogen-bond acceptors (Lipinski definition) is 1. The molecule has 0 saturated heterocycles. The van der Waals surface area contributed by atoms with Gasteiger partial charge >= 0.3 is 0 Å². The molecule has 0 N–H and O–H groups in total. The third-order valence-electron chi connectivity index (χ3n) is 2.51. The smallest absolute Gasteiger partial charge is 0.00958 e. The molecule has 0 bridgehead atoms. The van der Waals surface area contributed by atoms with Crippen molar-refractivity contribution in [3.8, 4) is 0 Å². The van der Waals surface area contributed by atoms with Crippen molar-refractivity contribution in [3.63, 3.8) is 0 Å². The first-order chi connectivity index (χ1) is 5.47. The van der Waals surface area contributed by atoms with Crippen LogP contribution in [0.4, 0.5) is 0 Å². The summed E-state index contributed by atoms with van der Waals surface area (Å²) in [5, 5.41) is 1.20. The van der Waals surface area contributed by atoms with Crippen molar-refractivity contribution in [3.05, 3.63) is 0 Å². The molecule has 1 fully saturated rings. The number of hydrogen-bond donors (Lipinski definition) is 0. The molecule has 1 saturated carbocycles. The van der Waals surface area contributed by atoms with Crippen molar-refractivity contribution in [1.29, 1.82) is 0 Å². The topological polar surface area (TPSA) is 0 Å². The molecule has 0 unspecified atom stereocenters. The lowest BCUT2D eigenvalue weighted by Gasteiger charge is -2.41. The Morgan fingerprint density at radius 2 is 1.92 bits per heavy atom. The highest BCUT2D eigenvalue weighted by Crippen LogP contribution is 2.46. The van der Waals surface area contributed by atoms with Crippen LogP contribution in [0.2, 0.25) is 0 Å². The predicted molar refractivity (Wildman–Crippen MR) is 62.3 cm³/mol. The highest BCUT2D eigenvalue weighted by Gasteiger charge is 2.36. The molecule has 1 rings (SSSR count). The van der Waals surface area contributed by atoms with E-state index in [1.165, 1.54) is 30.3 Å². The number of rotatable bonds is 3. The van der Waals surface area contributed by atoms with E-state index in [0.29, 0.717) is 10.2 Å². The lowest BCUT2D eigenvalue weighted by Crippen LogP contribution is -2.35. The van der Waals surface area contributed by atoms with E-state index >= 15 is 0 Å². The lowest BCUT2D eigenvalue weighted by molar-refractivity contribution is 0.206. The molecule has 12 heavy (non-hydrogen) atoms. The van der Waals surface area contributed by atoms with Crippen molar-refractivity contribution in [1.82, 2.24) is 0 Å². The van der Waals surface area contributed by atoms with Gasteiger partial charge in [0, 0.05) is 15.8 Å². The van der Waals surface area contributed by atoms with E-state index in [9.17, 15) is 0 Å². The lowest BCUT2D eigenvalue weighted by atomic mass is 9.72. The van der Waals surface area contributed by atoms with Gasteiger partial charge in [0.1, 0.15) is 0 Å². The third kappa shape index (κ3) is 2.95. The van der Waals surface area contributed by atoms with Gasteiger partial charge in [-0.3, -0.25) is 0 Å². The summed E-state index contributed by atoms with van der Waals surface area (Å²) < 4.78 is 0.435. The minimum atomic E-state index is 0.435. The fraction of sp³-hybridized carbons (Fsp3) is 1.00. The Bertz CT molecular complexity index is 139. The third-order valence-corrected chi connectivity index (χ3v) is 5.32. The van der Waals surface area contributed by atoms with Crippen molar-refractivity contribution in [2.45, 2.75) is 44.8 Å². The Morgan fingerprint density at radius 1 is 1.33 bits per heavy atom. The molecule has 0 aromatic heterocycles. The monoisotopic (exact) mass is 250 g/mol. The fourth-order valence-electron chi connectivity index (χ4n) is 1.36. The Balaban J connectivity index is 2.30. The average molecular weight is 251 g/mol. The van der Waals surface area contributed by atoms with E-state index in [2.05, 4.69) is 48.5 Å². The Hall–Kier alpha value is 0.830. The maximum absolute atomic E-state index is 3.64. The number of alkyl halides is 1. The highest BCUT2D eigenvalue weighted by molar-refractivity contribution is 9.09. The molecule has 0 nitrogen and oxygen atoms in total. The summed E-state index contributed by atoms with van der Waals surface area (Å²) in [6.45, 7) is 6.91. The van der Waals surface area contributed by atoms with Gasteiger partial charge in [-0.2, -0.15) is 11.8 Å². The van der Waals surface area contributed by atoms with Crippen LogP contribution in [0.5, 0.6) is 0 Å². The second kappa shape index (κ2) is 3.91. The predicted octanol–water partition coefficient (Wildman–Crippen LogP) is 4.08. The van der Waals surface area contributed by atoms with Crippen LogP contribution >= 0.6 is 27.7 Å². The molecule has 0 heterocycles. The van der Waals surface area contributed by atoms with E-state index in [-0.39, 0.29) is 0 Å². The van der Waals surface area contributed by atoms with Crippen molar-refractivity contribution < 1.29 is 0 Å². The van der Waals surface area contributed by atoms with Gasteiger partial charge < -0.3 is 0 Å². The maximum Gasteiger partial charge on any atom is 0.00958 e. The molecule has 0 amide bonds. The molecule has 0 aromatic carbocycles. The van der Waals surface area contributed by atoms with Gasteiger partial charge in [0.2, 0.25) is 0 Å². The van der Waals surface area contributed by atoms with Gasteiger partial charge in [-0.15, -0.1) is 0 Å². The standard InChI is InChI=1S/C10H19BrS/c1-9(2,3)12-8-10(7-11)5-4-6-10/h4-8H2,1-3H3. The number of halogens is 1. The summed E-state index contributed by atoms with van der Waals surface area (Å²) in [7, 11) is 0. The fourth-order valence-corrected chi connectivity index (χ4v) is 3.51. The molecule has 1 aliphatic rings. The molecule has 2 heteroatoms. The molecular formula is C10H19BrS. The molecule has 0 aliphatic heterocycles. The SMILES string of the molecule is CC(C)(C)SCC1(CBr)CCC1. The molecule has 0 aromatic rings. The summed E-state index contributed by atoms with van der Waals surface area (Å²) in [6.07, 6.45) is 4.30. The van der Waals surface area contributed by atoms with E-state index in [4.69, 9.17) is 0 Å². The van der Waals surface area contributed by atoms with Crippen LogP contribution in [-0.4, -0.2) is 15.8 Å². The summed E-state index contributed by atoms with van der Waals surface area (Å²) in [5.74, 6) is 1.34. The van der Waals surface area contributed by atoms with Gasteiger partial charge in [-0.1, -0.05) is 43.1 Å². The zero-order valence-corrected chi connectivity index (χ0v) is 10.7. The molecule has 72 valence electrons. The van der Waals surface area contributed by atoms with Gasteiger partial charge in [0.25, 0.3) is 0 Å². The first-order valence-corrected chi connectivity index (χ1v) is 6.78. The van der Waals surface area contributed by atoms with E-state index in [1.807, 2.05) is 0 Å². The summed E-state index contributed by atoms with van der Waals surface area (Å²) >= 11 is 5.75. The first-order valence-electron chi connectivity index (χ1n) is 4.67. The molecular weight excluding hydrogens is 232 g/mol. The Kier molecular flexibility index (Phi) is 3.56. The quantitative estimate of drug-likeness (QED) is 0.681. The van der Waals surface area contributed by atoms with Crippen molar-refractivity contribution >= 4 is 27.7 Å². The molecule has 0 spiro atoms. The van der Waals surface area contributed by atoms with Gasteiger partial charge in [-0.25, -0.2) is 0 Å². The maximum atomic E-state index is 3.64. The van der Waals surface area contributed by atoms with Gasteiger partial charge in [-0.05, 0) is 18.3 Å². The highest BCUT2D eigenvalue weighted by atomic mass is 79.9. The van der Waals surface area contributed by atoms with Crippen molar-refractivity contribution in [2.24, 2.45) is 5.41 Å². The molecule has 0 radical (unpaired) electrons. The Labute approximate surface area is 89.0 Å². The van der Waals surface area contributed by atoms with Crippen LogP contribution in [0.3, 0.4) is 0 Å². The van der Waals surface area contributed by atoms with E-state index in [0.717, 1.165) is 0 Å². The van der Waals surface area contributed by atoms with Crippen molar-refractivity contribution in [2.75, 3.05) is 11.1 Å². The summed E-state index contributed by atoms with van der Waals surface area (Å²) in [6, 6.07) is 0. The minimum absolute atomic E-state index is 0.435. The van der Waals surface area contributed by atoms with Gasteiger partial charge in [0.15, 0.2) is 0 Å². The summed E-state index contributed by atoms with van der Waals surface area (Å²) in [4.78, 5) is 0. The van der Waals surface area contributed by atoms with Crippen LogP contribution in [0.15, 0.2) is 0 Å². The second-order valence-corrected chi connectivity index (χ2v) is 7.25. The summed E-state index contributed by atoms with van der Waals surface area (Å²) in [5.41, 5.74) is 0.651. The van der Waals surface area contributed by atoms with Crippen LogP contribution < -0.4 is 0 Å². The molecule has 0 atom stereocenters. The van der Waals surface area contributed by atoms with Gasteiger partial charge in [0.05, 0.1) is 0 Å². The number of thioether (sulfide) groups is 1.